The number of carbonyl (C=O) groups is 1. The van der Waals surface area contributed by atoms with Gasteiger partial charge in [-0.3, -0.25) is 4.72 Å². The van der Waals surface area contributed by atoms with Crippen LogP contribution in [0, 0.1) is 0 Å². The monoisotopic (exact) mass is 469 g/mol. The molecule has 0 bridgehead atoms. The minimum absolute atomic E-state index is 0.187. The van der Waals surface area contributed by atoms with Crippen molar-refractivity contribution in [1.82, 2.24) is 9.97 Å². The number of rotatable bonds is 7. The van der Waals surface area contributed by atoms with Crippen molar-refractivity contribution in [3.8, 4) is 11.3 Å². The van der Waals surface area contributed by atoms with Gasteiger partial charge in [0.15, 0.2) is 0 Å². The molecule has 1 aliphatic rings. The third-order valence-electron chi connectivity index (χ3n) is 4.97. The highest BCUT2D eigenvalue weighted by molar-refractivity contribution is 7.92. The van der Waals surface area contributed by atoms with E-state index in [1.165, 1.54) is 0 Å². The van der Waals surface area contributed by atoms with E-state index in [2.05, 4.69) is 20.0 Å². The largest absolute Gasteiger partial charge is 0.478 e. The SMILES string of the molecule is CS(=O)(=O)Nc1ccc(-c2ccnc(Nc3ccc(N4CCOCC4)c(C(=O)O)c3)n2)cc1. The molecule has 4 rings (SSSR count). The van der Waals surface area contributed by atoms with Crippen molar-refractivity contribution in [2.24, 2.45) is 0 Å². The summed E-state index contributed by atoms with van der Waals surface area (Å²) in [6.45, 7) is 2.39. The van der Waals surface area contributed by atoms with Crippen LogP contribution in [0.1, 0.15) is 10.4 Å². The van der Waals surface area contributed by atoms with Crippen molar-refractivity contribution in [3.05, 3.63) is 60.3 Å². The summed E-state index contributed by atoms with van der Waals surface area (Å²) >= 11 is 0. The maximum atomic E-state index is 11.9. The van der Waals surface area contributed by atoms with Crippen molar-refractivity contribution in [2.45, 2.75) is 0 Å². The van der Waals surface area contributed by atoms with Crippen molar-refractivity contribution in [3.63, 3.8) is 0 Å². The number of hydrogen-bond donors (Lipinski definition) is 3. The number of sulfonamides is 1. The Morgan fingerprint density at radius 1 is 1.06 bits per heavy atom. The van der Waals surface area contributed by atoms with Crippen LogP contribution in [0.3, 0.4) is 0 Å². The van der Waals surface area contributed by atoms with E-state index in [4.69, 9.17) is 4.74 Å². The zero-order valence-electron chi connectivity index (χ0n) is 17.9. The second kappa shape index (κ2) is 9.43. The number of carboxylic acid groups (broad SMARTS) is 1. The van der Waals surface area contributed by atoms with Gasteiger partial charge in [0.05, 0.1) is 36.4 Å². The van der Waals surface area contributed by atoms with Gasteiger partial charge < -0.3 is 20.1 Å². The fourth-order valence-corrected chi connectivity index (χ4v) is 4.06. The molecule has 0 saturated carbocycles. The highest BCUT2D eigenvalue weighted by Gasteiger charge is 2.19. The predicted octanol–water partition coefficient (Wildman–Crippen LogP) is 2.79. The van der Waals surface area contributed by atoms with E-state index in [0.29, 0.717) is 55.0 Å². The number of carboxylic acids is 1. The third-order valence-corrected chi connectivity index (χ3v) is 5.58. The first-order chi connectivity index (χ1) is 15.8. The zero-order valence-corrected chi connectivity index (χ0v) is 18.7. The molecule has 11 heteroatoms. The predicted molar refractivity (Wildman–Crippen MR) is 126 cm³/mol. The Balaban J connectivity index is 1.54. The number of hydrogen-bond acceptors (Lipinski definition) is 8. The topological polar surface area (TPSA) is 134 Å². The van der Waals surface area contributed by atoms with Gasteiger partial charge in [0.2, 0.25) is 16.0 Å². The molecule has 0 atom stereocenters. The summed E-state index contributed by atoms with van der Waals surface area (Å²) in [7, 11) is -3.35. The Morgan fingerprint density at radius 2 is 1.76 bits per heavy atom. The molecule has 0 spiro atoms. The average molecular weight is 470 g/mol. The molecule has 3 aromatic rings. The zero-order chi connectivity index (χ0) is 23.4. The minimum atomic E-state index is -3.35. The highest BCUT2D eigenvalue weighted by Crippen LogP contribution is 2.27. The molecule has 1 fully saturated rings. The fourth-order valence-electron chi connectivity index (χ4n) is 3.50. The van der Waals surface area contributed by atoms with Crippen LogP contribution in [0.15, 0.2) is 54.7 Å². The number of benzene rings is 2. The number of ether oxygens (including phenoxy) is 1. The van der Waals surface area contributed by atoms with Crippen LogP contribution in [-0.4, -0.2) is 62.0 Å². The summed E-state index contributed by atoms with van der Waals surface area (Å²) in [5, 5.41) is 12.8. The molecule has 3 N–H and O–H groups in total. The summed E-state index contributed by atoms with van der Waals surface area (Å²) in [5.74, 6) is -0.709. The number of nitrogens with zero attached hydrogens (tertiary/aromatic N) is 3. The number of aromatic nitrogens is 2. The Morgan fingerprint density at radius 3 is 2.42 bits per heavy atom. The molecule has 172 valence electrons. The molecule has 0 radical (unpaired) electrons. The minimum Gasteiger partial charge on any atom is -0.478 e. The van der Waals surface area contributed by atoms with Crippen molar-refractivity contribution in [1.29, 1.82) is 0 Å². The first-order valence-corrected chi connectivity index (χ1v) is 12.1. The molecule has 2 heterocycles. The number of morpholine rings is 1. The number of anilines is 4. The molecule has 1 saturated heterocycles. The van der Waals surface area contributed by atoms with E-state index in [-0.39, 0.29) is 5.56 Å². The van der Waals surface area contributed by atoms with E-state index >= 15 is 0 Å². The molecule has 1 aromatic heterocycles. The first kappa shape index (κ1) is 22.5. The van der Waals surface area contributed by atoms with E-state index in [9.17, 15) is 18.3 Å². The van der Waals surface area contributed by atoms with Gasteiger partial charge >= 0.3 is 5.97 Å². The van der Waals surface area contributed by atoms with E-state index in [0.717, 1.165) is 11.8 Å². The van der Waals surface area contributed by atoms with Crippen LogP contribution in [-0.2, 0) is 14.8 Å². The smallest absolute Gasteiger partial charge is 0.337 e. The molecule has 0 aliphatic carbocycles. The normalized spacial score (nSPS) is 14.0. The van der Waals surface area contributed by atoms with Crippen LogP contribution in [0.2, 0.25) is 0 Å². The van der Waals surface area contributed by atoms with E-state index < -0.39 is 16.0 Å². The molecule has 33 heavy (non-hydrogen) atoms. The standard InChI is InChI=1S/C22H23N5O5S/c1-33(30,31)26-16-4-2-15(3-5-16)19-8-9-23-22(25-19)24-17-6-7-20(18(14-17)21(28)29)27-10-12-32-13-11-27/h2-9,14,26H,10-13H2,1H3,(H,28,29)(H,23,24,25). The van der Waals surface area contributed by atoms with Gasteiger partial charge in [0, 0.05) is 36.2 Å². The molecule has 0 unspecified atom stereocenters. The van der Waals surface area contributed by atoms with Crippen molar-refractivity contribution < 1.29 is 23.1 Å². The maximum Gasteiger partial charge on any atom is 0.337 e. The lowest BCUT2D eigenvalue weighted by molar-refractivity contribution is 0.0696. The van der Waals surface area contributed by atoms with Crippen LogP contribution < -0.4 is 14.9 Å². The lowest BCUT2D eigenvalue weighted by Crippen LogP contribution is -2.37. The molecule has 1 aliphatic heterocycles. The fraction of sp³-hybridized carbons (Fsp3) is 0.227. The summed E-state index contributed by atoms with van der Waals surface area (Å²) in [6.07, 6.45) is 2.68. The van der Waals surface area contributed by atoms with Gasteiger partial charge in [-0.15, -0.1) is 0 Å². The molecule has 0 amide bonds. The van der Waals surface area contributed by atoms with Gasteiger partial charge in [-0.2, -0.15) is 0 Å². The summed E-state index contributed by atoms with van der Waals surface area (Å²) in [5.41, 5.74) is 3.24. The molecule has 10 nitrogen and oxygen atoms in total. The van der Waals surface area contributed by atoms with Gasteiger partial charge in [-0.25, -0.2) is 23.2 Å². The third kappa shape index (κ3) is 5.76. The van der Waals surface area contributed by atoms with Gasteiger partial charge in [0.25, 0.3) is 0 Å². The average Bonchev–Trinajstić information content (AvgIpc) is 2.79. The molecular weight excluding hydrogens is 446 g/mol. The Kier molecular flexibility index (Phi) is 6.43. The van der Waals surface area contributed by atoms with E-state index in [1.54, 1.807) is 54.7 Å². The van der Waals surface area contributed by atoms with Crippen LogP contribution in [0.4, 0.5) is 23.0 Å². The second-order valence-electron chi connectivity index (χ2n) is 7.48. The van der Waals surface area contributed by atoms with Gasteiger partial charge in [-0.05, 0) is 36.4 Å². The van der Waals surface area contributed by atoms with Crippen molar-refractivity contribution >= 4 is 39.0 Å². The summed E-state index contributed by atoms with van der Waals surface area (Å²) in [4.78, 5) is 22.6. The van der Waals surface area contributed by atoms with E-state index in [1.807, 2.05) is 4.90 Å². The molecule has 2 aromatic carbocycles. The Labute approximate surface area is 191 Å². The highest BCUT2D eigenvalue weighted by atomic mass is 32.2. The van der Waals surface area contributed by atoms with Gasteiger partial charge in [-0.1, -0.05) is 12.1 Å². The maximum absolute atomic E-state index is 11.9. The lowest BCUT2D eigenvalue weighted by Gasteiger charge is -2.30. The summed E-state index contributed by atoms with van der Waals surface area (Å²) < 4.78 is 30.5. The van der Waals surface area contributed by atoms with Crippen LogP contribution >= 0.6 is 0 Å². The van der Waals surface area contributed by atoms with Gasteiger partial charge in [0.1, 0.15) is 0 Å². The van der Waals surface area contributed by atoms with Crippen molar-refractivity contribution in [2.75, 3.05) is 47.5 Å². The lowest BCUT2D eigenvalue weighted by atomic mass is 10.1. The first-order valence-electron chi connectivity index (χ1n) is 10.2. The van der Waals surface area contributed by atoms with Crippen LogP contribution in [0.5, 0.6) is 0 Å². The summed E-state index contributed by atoms with van der Waals surface area (Å²) in [6, 6.07) is 13.7. The molecular formula is C22H23N5O5S. The second-order valence-corrected chi connectivity index (χ2v) is 9.23. The Bertz CT molecular complexity index is 1260. The number of nitrogens with one attached hydrogen (secondary N) is 2. The quantitative estimate of drug-likeness (QED) is 0.477. The Hall–Kier alpha value is -3.70. The van der Waals surface area contributed by atoms with Crippen LogP contribution in [0.25, 0.3) is 11.3 Å². The number of aromatic carboxylic acids is 1.